The highest BCUT2D eigenvalue weighted by Gasteiger charge is 2.30. The van der Waals surface area contributed by atoms with E-state index in [0.29, 0.717) is 17.9 Å². The summed E-state index contributed by atoms with van der Waals surface area (Å²) in [5.41, 5.74) is 0. The Hall–Kier alpha value is -0.160. The van der Waals surface area contributed by atoms with Crippen molar-refractivity contribution in [2.24, 2.45) is 11.8 Å². The van der Waals surface area contributed by atoms with E-state index in [4.69, 9.17) is 4.74 Å². The monoisotopic (exact) mass is 256 g/mol. The highest BCUT2D eigenvalue weighted by Crippen LogP contribution is 2.21. The van der Waals surface area contributed by atoms with E-state index in [1.807, 2.05) is 0 Å². The number of nitrogens with one attached hydrogen (secondary N) is 1. The average molecular weight is 256 g/mol. The smallest absolute Gasteiger partial charge is 0.0590 e. The van der Waals surface area contributed by atoms with Crippen LogP contribution in [-0.4, -0.2) is 61.5 Å². The summed E-state index contributed by atoms with van der Waals surface area (Å²) in [6.07, 6.45) is 1.94. The normalized spacial score (nSPS) is 38.8. The molecule has 4 atom stereocenters. The van der Waals surface area contributed by atoms with Crippen molar-refractivity contribution < 1.29 is 9.84 Å². The van der Waals surface area contributed by atoms with E-state index in [0.717, 1.165) is 52.2 Å². The molecule has 0 aliphatic carbocycles. The maximum atomic E-state index is 9.77. The molecule has 0 bridgehead atoms. The molecule has 0 spiro atoms. The molecule has 0 aromatic rings. The molecule has 2 aliphatic heterocycles. The van der Waals surface area contributed by atoms with E-state index in [2.05, 4.69) is 24.1 Å². The molecule has 106 valence electrons. The lowest BCUT2D eigenvalue weighted by molar-refractivity contribution is -0.00857. The number of likely N-dealkylation sites (tertiary alicyclic amines) is 1. The molecular formula is C14H28N2O2. The summed E-state index contributed by atoms with van der Waals surface area (Å²) in [5, 5.41) is 13.4. The van der Waals surface area contributed by atoms with Crippen molar-refractivity contribution in [3.8, 4) is 0 Å². The maximum absolute atomic E-state index is 9.77. The SMILES string of the molecule is CCNC1CCOCC1CN1CCC(O)C(C)C1. The summed E-state index contributed by atoms with van der Waals surface area (Å²) in [6, 6.07) is 0.603. The van der Waals surface area contributed by atoms with Crippen molar-refractivity contribution in [3.05, 3.63) is 0 Å². The molecule has 18 heavy (non-hydrogen) atoms. The quantitative estimate of drug-likeness (QED) is 0.777. The Morgan fingerprint density at radius 2 is 2.22 bits per heavy atom. The van der Waals surface area contributed by atoms with Crippen LogP contribution in [0.15, 0.2) is 0 Å². The van der Waals surface area contributed by atoms with Crippen molar-refractivity contribution in [2.45, 2.75) is 38.8 Å². The minimum atomic E-state index is -0.103. The highest BCUT2D eigenvalue weighted by molar-refractivity contribution is 4.85. The molecule has 2 heterocycles. The summed E-state index contributed by atoms with van der Waals surface area (Å²) in [7, 11) is 0. The number of aliphatic hydroxyl groups is 1. The summed E-state index contributed by atoms with van der Waals surface area (Å²) in [4.78, 5) is 2.50. The molecule has 0 aromatic carbocycles. The van der Waals surface area contributed by atoms with Crippen molar-refractivity contribution in [2.75, 3.05) is 39.4 Å². The molecule has 4 nitrogen and oxygen atoms in total. The van der Waals surface area contributed by atoms with Gasteiger partial charge in [-0.2, -0.15) is 0 Å². The van der Waals surface area contributed by atoms with Crippen LogP contribution >= 0.6 is 0 Å². The molecule has 2 rings (SSSR count). The van der Waals surface area contributed by atoms with Gasteiger partial charge in [0, 0.05) is 38.2 Å². The standard InChI is InChI=1S/C14H28N2O2/c1-3-15-13-5-7-18-10-12(13)9-16-6-4-14(17)11(2)8-16/h11-15,17H,3-10H2,1-2H3. The van der Waals surface area contributed by atoms with E-state index >= 15 is 0 Å². The van der Waals surface area contributed by atoms with Gasteiger partial charge in [0.25, 0.3) is 0 Å². The van der Waals surface area contributed by atoms with Gasteiger partial charge in [0.15, 0.2) is 0 Å². The molecular weight excluding hydrogens is 228 g/mol. The van der Waals surface area contributed by atoms with Crippen LogP contribution < -0.4 is 5.32 Å². The first-order valence-electron chi connectivity index (χ1n) is 7.42. The lowest BCUT2D eigenvalue weighted by Crippen LogP contribution is -2.50. The predicted molar refractivity (Wildman–Crippen MR) is 72.6 cm³/mol. The van der Waals surface area contributed by atoms with Gasteiger partial charge in [0.1, 0.15) is 0 Å². The number of aliphatic hydroxyl groups excluding tert-OH is 1. The van der Waals surface area contributed by atoms with Gasteiger partial charge in [0.2, 0.25) is 0 Å². The van der Waals surface area contributed by atoms with Crippen LogP contribution in [0.1, 0.15) is 26.7 Å². The van der Waals surface area contributed by atoms with E-state index in [9.17, 15) is 5.11 Å². The topological polar surface area (TPSA) is 44.7 Å². The molecule has 0 saturated carbocycles. The fraction of sp³-hybridized carbons (Fsp3) is 1.00. The number of hydrogen-bond donors (Lipinski definition) is 2. The molecule has 2 saturated heterocycles. The van der Waals surface area contributed by atoms with Crippen molar-refractivity contribution in [3.63, 3.8) is 0 Å². The minimum absolute atomic E-state index is 0.103. The van der Waals surface area contributed by atoms with Gasteiger partial charge in [-0.3, -0.25) is 0 Å². The predicted octanol–water partition coefficient (Wildman–Crippen LogP) is 0.704. The molecule has 4 unspecified atom stereocenters. The number of nitrogens with zero attached hydrogens (tertiary/aromatic N) is 1. The summed E-state index contributed by atoms with van der Waals surface area (Å²) in [5.74, 6) is 1.00. The van der Waals surface area contributed by atoms with Gasteiger partial charge in [-0.05, 0) is 25.3 Å². The first-order chi connectivity index (χ1) is 8.70. The maximum Gasteiger partial charge on any atom is 0.0590 e. The van der Waals surface area contributed by atoms with Crippen molar-refractivity contribution in [1.29, 1.82) is 0 Å². The van der Waals surface area contributed by atoms with E-state index in [1.54, 1.807) is 0 Å². The van der Waals surface area contributed by atoms with Crippen molar-refractivity contribution >= 4 is 0 Å². The van der Waals surface area contributed by atoms with Gasteiger partial charge >= 0.3 is 0 Å². The third-order valence-corrected chi connectivity index (χ3v) is 4.38. The second-order valence-electron chi connectivity index (χ2n) is 5.88. The van der Waals surface area contributed by atoms with Gasteiger partial charge < -0.3 is 20.1 Å². The van der Waals surface area contributed by atoms with Crippen molar-refractivity contribution in [1.82, 2.24) is 10.2 Å². The van der Waals surface area contributed by atoms with Crippen LogP contribution in [0.5, 0.6) is 0 Å². The zero-order valence-electron chi connectivity index (χ0n) is 11.8. The third-order valence-electron chi connectivity index (χ3n) is 4.38. The number of ether oxygens (including phenoxy) is 1. The Morgan fingerprint density at radius 3 is 2.94 bits per heavy atom. The van der Waals surface area contributed by atoms with Crippen LogP contribution in [0.4, 0.5) is 0 Å². The molecule has 0 amide bonds. The Kier molecular flexibility index (Phi) is 5.42. The van der Waals surface area contributed by atoms with Gasteiger partial charge in [-0.15, -0.1) is 0 Å². The summed E-state index contributed by atoms with van der Waals surface area (Å²) < 4.78 is 5.63. The van der Waals surface area contributed by atoms with Crippen LogP contribution in [0.2, 0.25) is 0 Å². The van der Waals surface area contributed by atoms with Gasteiger partial charge in [0.05, 0.1) is 12.7 Å². The Labute approximate surface area is 111 Å². The lowest BCUT2D eigenvalue weighted by atomic mass is 9.92. The van der Waals surface area contributed by atoms with Crippen LogP contribution in [0.25, 0.3) is 0 Å². The van der Waals surface area contributed by atoms with Gasteiger partial charge in [-0.1, -0.05) is 13.8 Å². The number of hydrogen-bond acceptors (Lipinski definition) is 4. The second kappa shape index (κ2) is 6.85. The van der Waals surface area contributed by atoms with Crippen LogP contribution in [-0.2, 0) is 4.74 Å². The zero-order valence-corrected chi connectivity index (χ0v) is 11.8. The number of piperidine rings is 1. The van der Waals surface area contributed by atoms with E-state index < -0.39 is 0 Å². The minimum Gasteiger partial charge on any atom is -0.393 e. The molecule has 2 fully saturated rings. The fourth-order valence-electron chi connectivity index (χ4n) is 3.22. The molecule has 0 radical (unpaired) electrons. The van der Waals surface area contributed by atoms with Crippen LogP contribution in [0, 0.1) is 11.8 Å². The largest absolute Gasteiger partial charge is 0.393 e. The summed E-state index contributed by atoms with van der Waals surface area (Å²) >= 11 is 0. The Bertz CT molecular complexity index is 248. The Balaban J connectivity index is 1.83. The summed E-state index contributed by atoms with van der Waals surface area (Å²) in [6.45, 7) is 10.3. The van der Waals surface area contributed by atoms with Gasteiger partial charge in [-0.25, -0.2) is 0 Å². The molecule has 2 aliphatic rings. The Morgan fingerprint density at radius 1 is 1.39 bits per heavy atom. The first-order valence-corrected chi connectivity index (χ1v) is 7.42. The van der Waals surface area contributed by atoms with Crippen LogP contribution in [0.3, 0.4) is 0 Å². The molecule has 4 heteroatoms. The average Bonchev–Trinajstić information content (AvgIpc) is 2.37. The second-order valence-corrected chi connectivity index (χ2v) is 5.88. The first kappa shape index (κ1) is 14.3. The third kappa shape index (κ3) is 3.67. The zero-order chi connectivity index (χ0) is 13.0. The highest BCUT2D eigenvalue weighted by atomic mass is 16.5. The van der Waals surface area contributed by atoms with E-state index in [1.165, 1.54) is 0 Å². The molecule has 2 N–H and O–H groups in total. The number of rotatable bonds is 4. The lowest BCUT2D eigenvalue weighted by Gasteiger charge is -2.40. The van der Waals surface area contributed by atoms with E-state index in [-0.39, 0.29) is 6.10 Å². The molecule has 0 aromatic heterocycles. The fourth-order valence-corrected chi connectivity index (χ4v) is 3.22.